The predicted molar refractivity (Wildman–Crippen MR) is 157 cm³/mol. The fraction of sp³-hybridized carbons (Fsp3) is 0.379. The van der Waals surface area contributed by atoms with Gasteiger partial charge >= 0.3 is 0 Å². The molecule has 212 valence electrons. The minimum Gasteiger partial charge on any atom is -0.383 e. The van der Waals surface area contributed by atoms with Crippen LogP contribution in [-0.2, 0) is 11.3 Å². The number of halogens is 2. The number of ether oxygens (including phenoxy) is 1. The molecule has 3 heterocycles. The molecule has 2 aliphatic rings. The number of nitrogens with one attached hydrogen (secondary N) is 1. The van der Waals surface area contributed by atoms with Gasteiger partial charge in [0.25, 0.3) is 0 Å². The lowest BCUT2D eigenvalue weighted by Gasteiger charge is -2.34. The normalized spacial score (nSPS) is 17.3. The lowest BCUT2D eigenvalue weighted by atomic mass is 10.1. The van der Waals surface area contributed by atoms with Crippen LogP contribution in [0.1, 0.15) is 24.0 Å². The van der Waals surface area contributed by atoms with E-state index in [9.17, 15) is 8.78 Å². The number of rotatable bonds is 8. The van der Waals surface area contributed by atoms with Gasteiger partial charge in [0.05, 0.1) is 12.1 Å². The molecule has 40 heavy (non-hydrogen) atoms. The zero-order valence-corrected chi connectivity index (χ0v) is 23.4. The molecule has 0 unspecified atom stereocenters. The molecule has 1 aromatic heterocycles. The van der Waals surface area contributed by atoms with Crippen LogP contribution in [0.4, 0.5) is 26.0 Å². The molecule has 8 nitrogen and oxygen atoms in total. The van der Waals surface area contributed by atoms with E-state index in [1.54, 1.807) is 12.3 Å². The van der Waals surface area contributed by atoms with Crippen molar-refractivity contribution in [3.63, 3.8) is 0 Å². The van der Waals surface area contributed by atoms with Crippen LogP contribution in [0.25, 0.3) is 0 Å². The minimum atomic E-state index is -0.643. The molecular formula is C29H35F2N7OS. The minimum absolute atomic E-state index is 0.238. The highest BCUT2D eigenvalue weighted by atomic mass is 32.2. The summed E-state index contributed by atoms with van der Waals surface area (Å²) in [5, 5.41) is 3.73. The number of nitrogen functional groups attached to an aromatic ring is 1. The molecule has 0 bridgehead atoms. The molecular weight excluding hydrogens is 532 g/mol. The van der Waals surface area contributed by atoms with E-state index in [4.69, 9.17) is 16.2 Å². The number of benzene rings is 2. The summed E-state index contributed by atoms with van der Waals surface area (Å²) in [6, 6.07) is 11.9. The third-order valence-electron chi connectivity index (χ3n) is 7.20. The van der Waals surface area contributed by atoms with Crippen LogP contribution in [0.15, 0.2) is 63.4 Å². The Morgan fingerprint density at radius 1 is 1.05 bits per heavy atom. The van der Waals surface area contributed by atoms with Crippen molar-refractivity contribution in [2.75, 3.05) is 62.4 Å². The van der Waals surface area contributed by atoms with Gasteiger partial charge in [0.15, 0.2) is 0 Å². The van der Waals surface area contributed by atoms with Gasteiger partial charge < -0.3 is 31.3 Å². The van der Waals surface area contributed by atoms with E-state index in [0.717, 1.165) is 69.6 Å². The Morgan fingerprint density at radius 2 is 1.77 bits per heavy atom. The average Bonchev–Trinajstić information content (AvgIpc) is 2.93. The van der Waals surface area contributed by atoms with Gasteiger partial charge in [-0.15, -0.1) is 0 Å². The van der Waals surface area contributed by atoms with Crippen LogP contribution < -0.4 is 21.7 Å². The number of amidine groups is 1. The van der Waals surface area contributed by atoms with Crippen LogP contribution in [0.5, 0.6) is 0 Å². The van der Waals surface area contributed by atoms with Gasteiger partial charge in [0, 0.05) is 78.9 Å². The summed E-state index contributed by atoms with van der Waals surface area (Å²) in [6.45, 7) is 5.89. The monoisotopic (exact) mass is 567 g/mol. The number of hydrogen-bond acceptors (Lipinski definition) is 8. The molecule has 3 aromatic rings. The quantitative estimate of drug-likeness (QED) is 0.273. The van der Waals surface area contributed by atoms with Crippen LogP contribution in [0.3, 0.4) is 0 Å². The second-order valence-electron chi connectivity index (χ2n) is 10.2. The molecule has 2 fully saturated rings. The Morgan fingerprint density at radius 3 is 2.50 bits per heavy atom. The zero-order valence-electron chi connectivity index (χ0n) is 22.6. The molecule has 2 saturated heterocycles. The van der Waals surface area contributed by atoms with E-state index in [-0.39, 0.29) is 11.7 Å². The third kappa shape index (κ3) is 7.21. The highest BCUT2D eigenvalue weighted by Crippen LogP contribution is 2.31. The van der Waals surface area contributed by atoms with Crippen molar-refractivity contribution in [2.45, 2.75) is 35.2 Å². The molecule has 2 aromatic carbocycles. The van der Waals surface area contributed by atoms with Gasteiger partial charge in [-0.1, -0.05) is 17.8 Å². The third-order valence-corrected chi connectivity index (χ3v) is 8.13. The number of aliphatic imine (C=N–C) groups is 1. The van der Waals surface area contributed by atoms with Crippen molar-refractivity contribution in [3.8, 4) is 0 Å². The maximum absolute atomic E-state index is 13.6. The molecule has 5 rings (SSSR count). The van der Waals surface area contributed by atoms with Gasteiger partial charge in [-0.2, -0.15) is 0 Å². The maximum Gasteiger partial charge on any atom is 0.134 e. The first-order valence-corrected chi connectivity index (χ1v) is 14.3. The zero-order chi connectivity index (χ0) is 28.1. The summed E-state index contributed by atoms with van der Waals surface area (Å²) in [5.74, 6) is -0.799. The second kappa shape index (κ2) is 12.8. The van der Waals surface area contributed by atoms with Gasteiger partial charge in [-0.05, 0) is 55.8 Å². The van der Waals surface area contributed by atoms with E-state index in [1.165, 1.54) is 29.6 Å². The molecule has 0 radical (unpaired) electrons. The summed E-state index contributed by atoms with van der Waals surface area (Å²) in [6.07, 6.45) is 3.45. The molecule has 5 N–H and O–H groups in total. The van der Waals surface area contributed by atoms with Crippen molar-refractivity contribution in [2.24, 2.45) is 10.7 Å². The van der Waals surface area contributed by atoms with Crippen LogP contribution in [-0.4, -0.2) is 68.2 Å². The Labute approximate surface area is 237 Å². The number of likely N-dealkylation sites (N-methyl/N-ethyl adjacent to an activating group) is 1. The smallest absolute Gasteiger partial charge is 0.134 e. The number of nitrogens with two attached hydrogens (primary N) is 2. The standard InChI is InChI=1S/C29H35F2N7OS/c1-37-6-8-38(9-7-37)23-3-2-19(27(15-23)36-22-4-10-39-11-5-22)17-34-28(32)26-16-25(18-35-29(26)33)40-24-13-20(30)12-21(31)14-24/h2-3,12-16,18,22,36H,4-11,17H2,1H3,(H2,32,34)(H2,33,35). The molecule has 0 aliphatic carbocycles. The lowest BCUT2D eigenvalue weighted by Crippen LogP contribution is -2.44. The van der Waals surface area contributed by atoms with E-state index < -0.39 is 11.6 Å². The number of aromatic nitrogens is 1. The summed E-state index contributed by atoms with van der Waals surface area (Å²) in [5.41, 5.74) is 16.3. The highest BCUT2D eigenvalue weighted by Gasteiger charge is 2.19. The van der Waals surface area contributed by atoms with Crippen molar-refractivity contribution in [3.05, 3.63) is 71.4 Å². The molecule has 11 heteroatoms. The average molecular weight is 568 g/mol. The van der Waals surface area contributed by atoms with Gasteiger partial charge in [0.1, 0.15) is 23.3 Å². The molecule has 0 spiro atoms. The largest absolute Gasteiger partial charge is 0.383 e. The first-order valence-electron chi connectivity index (χ1n) is 13.4. The second-order valence-corrected chi connectivity index (χ2v) is 11.3. The highest BCUT2D eigenvalue weighted by molar-refractivity contribution is 7.99. The van der Waals surface area contributed by atoms with Crippen molar-refractivity contribution in [1.29, 1.82) is 0 Å². The maximum atomic E-state index is 13.6. The number of hydrogen-bond donors (Lipinski definition) is 3. The first-order chi connectivity index (χ1) is 19.3. The fourth-order valence-electron chi connectivity index (χ4n) is 4.86. The summed E-state index contributed by atoms with van der Waals surface area (Å²) >= 11 is 1.17. The summed E-state index contributed by atoms with van der Waals surface area (Å²) in [4.78, 5) is 14.7. The SMILES string of the molecule is CN1CCN(c2ccc(CN=C(N)c3cc(Sc4cc(F)cc(F)c4)cnc3N)c(NC3CCOCC3)c2)CC1. The summed E-state index contributed by atoms with van der Waals surface area (Å²) in [7, 11) is 2.15. The van der Waals surface area contributed by atoms with E-state index in [2.05, 4.69) is 50.3 Å². The Bertz CT molecular complexity index is 1340. The van der Waals surface area contributed by atoms with Crippen molar-refractivity contribution in [1.82, 2.24) is 9.88 Å². The summed E-state index contributed by atoms with van der Waals surface area (Å²) < 4.78 is 32.8. The van der Waals surface area contributed by atoms with E-state index >= 15 is 0 Å². The van der Waals surface area contributed by atoms with Gasteiger partial charge in [-0.25, -0.2) is 13.8 Å². The predicted octanol–water partition coefficient (Wildman–Crippen LogP) is 4.34. The van der Waals surface area contributed by atoms with Gasteiger partial charge in [0.2, 0.25) is 0 Å². The Balaban J connectivity index is 1.36. The molecule has 0 amide bonds. The number of nitrogens with zero attached hydrogens (tertiary/aromatic N) is 4. The first kappa shape index (κ1) is 28.1. The van der Waals surface area contributed by atoms with Crippen LogP contribution in [0.2, 0.25) is 0 Å². The Kier molecular flexibility index (Phi) is 9.03. The van der Waals surface area contributed by atoms with Crippen LogP contribution in [0, 0.1) is 11.6 Å². The molecule has 2 aliphatic heterocycles. The number of anilines is 3. The lowest BCUT2D eigenvalue weighted by molar-refractivity contribution is 0.0904. The van der Waals surface area contributed by atoms with E-state index in [0.29, 0.717) is 27.9 Å². The Hall–Kier alpha value is -3.41. The van der Waals surface area contributed by atoms with Crippen molar-refractivity contribution < 1.29 is 13.5 Å². The molecule has 0 atom stereocenters. The number of piperazine rings is 1. The van der Waals surface area contributed by atoms with Crippen LogP contribution >= 0.6 is 11.8 Å². The van der Waals surface area contributed by atoms with E-state index in [1.807, 2.05) is 0 Å². The van der Waals surface area contributed by atoms with Crippen molar-refractivity contribution >= 4 is 34.8 Å². The number of pyridine rings is 1. The van der Waals surface area contributed by atoms with Gasteiger partial charge in [-0.3, -0.25) is 4.99 Å². The molecule has 0 saturated carbocycles. The fourth-order valence-corrected chi connectivity index (χ4v) is 5.75. The topological polar surface area (TPSA) is 105 Å².